The van der Waals surface area contributed by atoms with Gasteiger partial charge in [-0.1, -0.05) is 23.7 Å². The molecule has 0 spiro atoms. The van der Waals surface area contributed by atoms with Gasteiger partial charge in [-0.2, -0.15) is 0 Å². The summed E-state index contributed by atoms with van der Waals surface area (Å²) in [5.74, 6) is 2.39. The van der Waals surface area contributed by atoms with Crippen molar-refractivity contribution in [2.45, 2.75) is 64.0 Å². The summed E-state index contributed by atoms with van der Waals surface area (Å²) in [4.78, 5) is 7.33. The van der Waals surface area contributed by atoms with Gasteiger partial charge >= 0.3 is 0 Å². The molecule has 2 aliphatic rings. The number of hydrogen-bond acceptors (Lipinski definition) is 4. The monoisotopic (exact) mass is 388 g/mol. The van der Waals surface area contributed by atoms with Gasteiger partial charge in [0, 0.05) is 29.6 Å². The van der Waals surface area contributed by atoms with Crippen LogP contribution in [-0.2, 0) is 11.2 Å². The highest BCUT2D eigenvalue weighted by atomic mass is 35.5. The van der Waals surface area contributed by atoms with Crippen LogP contribution in [0, 0.1) is 13.8 Å². The Kier molecular flexibility index (Phi) is 5.86. The Hall–Kier alpha value is -1.36. The topological polar surface area (TPSA) is 38.5 Å². The molecule has 1 aromatic carbocycles. The van der Waals surface area contributed by atoms with Crippen molar-refractivity contribution >= 4 is 11.6 Å². The molecule has 146 valence electrons. The summed E-state index contributed by atoms with van der Waals surface area (Å²) in [6.07, 6.45) is 5.77. The van der Waals surface area contributed by atoms with Gasteiger partial charge in [0.25, 0.3) is 0 Å². The van der Waals surface area contributed by atoms with Crippen LogP contribution in [0.2, 0.25) is 5.02 Å². The number of aromatic nitrogens is 1. The van der Waals surface area contributed by atoms with E-state index in [4.69, 9.17) is 20.8 Å². The molecule has 0 radical (unpaired) electrons. The molecule has 2 fully saturated rings. The van der Waals surface area contributed by atoms with Gasteiger partial charge in [0.2, 0.25) is 0 Å². The van der Waals surface area contributed by atoms with E-state index in [1.807, 2.05) is 26.0 Å². The summed E-state index contributed by atoms with van der Waals surface area (Å²) in [6.45, 7) is 6.73. The SMILES string of the molecule is Cc1nc(C2CCC(N3CCOC[C@@H]3Cc3ccc(Cl)cc3)CC2)oc1C. The Morgan fingerprint density at radius 2 is 1.85 bits per heavy atom. The van der Waals surface area contributed by atoms with Crippen LogP contribution in [0.3, 0.4) is 0 Å². The number of oxazole rings is 1. The van der Waals surface area contributed by atoms with E-state index in [1.54, 1.807) is 0 Å². The second-order valence-electron chi connectivity index (χ2n) is 8.00. The van der Waals surface area contributed by atoms with Crippen LogP contribution < -0.4 is 0 Å². The standard InChI is InChI=1S/C22H29ClN2O2/c1-15-16(2)27-22(24-15)18-5-9-20(10-6-18)25-11-12-26-14-21(25)13-17-3-7-19(23)8-4-17/h3-4,7-8,18,20-21H,5-6,9-14H2,1-2H3/t18?,20?,21-/m0/s1. The molecule has 4 rings (SSSR count). The quantitative estimate of drug-likeness (QED) is 0.745. The summed E-state index contributed by atoms with van der Waals surface area (Å²) >= 11 is 6.03. The van der Waals surface area contributed by atoms with Crippen LogP contribution in [0.4, 0.5) is 0 Å². The lowest BCUT2D eigenvalue weighted by atomic mass is 9.84. The molecule has 1 atom stereocenters. The molecule has 1 aliphatic heterocycles. The van der Waals surface area contributed by atoms with Crippen molar-refractivity contribution < 1.29 is 9.15 Å². The van der Waals surface area contributed by atoms with Crippen molar-refractivity contribution in [2.75, 3.05) is 19.8 Å². The molecule has 4 nitrogen and oxygen atoms in total. The van der Waals surface area contributed by atoms with Crippen molar-refractivity contribution in [3.63, 3.8) is 0 Å². The summed E-state index contributed by atoms with van der Waals surface area (Å²) < 4.78 is 11.7. The fourth-order valence-electron chi connectivity index (χ4n) is 4.54. The van der Waals surface area contributed by atoms with E-state index < -0.39 is 0 Å². The van der Waals surface area contributed by atoms with Gasteiger partial charge in [-0.3, -0.25) is 4.90 Å². The Morgan fingerprint density at radius 3 is 2.52 bits per heavy atom. The number of ether oxygens (including phenoxy) is 1. The minimum Gasteiger partial charge on any atom is -0.445 e. The molecule has 5 heteroatoms. The Balaban J connectivity index is 1.38. The number of aryl methyl sites for hydroxylation is 2. The van der Waals surface area contributed by atoms with Crippen LogP contribution in [0.15, 0.2) is 28.7 Å². The fourth-order valence-corrected chi connectivity index (χ4v) is 4.67. The molecule has 1 saturated heterocycles. The van der Waals surface area contributed by atoms with Gasteiger partial charge < -0.3 is 9.15 Å². The molecule has 1 aromatic heterocycles. The molecule has 1 aliphatic carbocycles. The molecule has 27 heavy (non-hydrogen) atoms. The van der Waals surface area contributed by atoms with Crippen molar-refractivity contribution in [3.05, 3.63) is 52.2 Å². The minimum atomic E-state index is 0.452. The number of morpholine rings is 1. The number of benzene rings is 1. The van der Waals surface area contributed by atoms with E-state index in [2.05, 4.69) is 22.0 Å². The molecular weight excluding hydrogens is 360 g/mol. The van der Waals surface area contributed by atoms with Crippen molar-refractivity contribution in [1.82, 2.24) is 9.88 Å². The molecule has 2 aromatic rings. The van der Waals surface area contributed by atoms with Gasteiger partial charge in [-0.15, -0.1) is 0 Å². The Labute approximate surface area is 166 Å². The lowest BCUT2D eigenvalue weighted by molar-refractivity contribution is -0.0370. The van der Waals surface area contributed by atoms with Crippen LogP contribution in [-0.4, -0.2) is 41.7 Å². The van der Waals surface area contributed by atoms with E-state index in [0.29, 0.717) is 18.0 Å². The second-order valence-corrected chi connectivity index (χ2v) is 8.43. The first kappa shape index (κ1) is 19.0. The van der Waals surface area contributed by atoms with E-state index >= 15 is 0 Å². The smallest absolute Gasteiger partial charge is 0.197 e. The van der Waals surface area contributed by atoms with E-state index in [9.17, 15) is 0 Å². The van der Waals surface area contributed by atoms with E-state index in [-0.39, 0.29) is 0 Å². The third-order valence-corrected chi connectivity index (χ3v) is 6.47. The van der Waals surface area contributed by atoms with E-state index in [1.165, 1.54) is 18.4 Å². The number of halogens is 1. The third kappa shape index (κ3) is 4.39. The van der Waals surface area contributed by atoms with Crippen molar-refractivity contribution in [2.24, 2.45) is 0 Å². The van der Waals surface area contributed by atoms with Gasteiger partial charge in [-0.25, -0.2) is 4.98 Å². The first-order chi connectivity index (χ1) is 13.1. The molecule has 0 unspecified atom stereocenters. The third-order valence-electron chi connectivity index (χ3n) is 6.22. The largest absolute Gasteiger partial charge is 0.445 e. The highest BCUT2D eigenvalue weighted by molar-refractivity contribution is 6.30. The van der Waals surface area contributed by atoms with Crippen LogP contribution in [0.25, 0.3) is 0 Å². The lowest BCUT2D eigenvalue weighted by Crippen LogP contribution is -2.52. The molecule has 2 heterocycles. The maximum Gasteiger partial charge on any atom is 0.197 e. The summed E-state index contributed by atoms with van der Waals surface area (Å²) in [7, 11) is 0. The zero-order valence-corrected chi connectivity index (χ0v) is 17.0. The molecule has 1 saturated carbocycles. The van der Waals surface area contributed by atoms with Gasteiger partial charge in [-0.05, 0) is 63.6 Å². The fraction of sp³-hybridized carbons (Fsp3) is 0.591. The predicted molar refractivity (Wildman–Crippen MR) is 107 cm³/mol. The zero-order valence-electron chi connectivity index (χ0n) is 16.3. The van der Waals surface area contributed by atoms with E-state index in [0.717, 1.165) is 61.4 Å². The highest BCUT2D eigenvalue weighted by Gasteiger charge is 2.34. The van der Waals surface area contributed by atoms with Gasteiger partial charge in [0.05, 0.1) is 18.9 Å². The Bertz CT molecular complexity index is 731. The van der Waals surface area contributed by atoms with Gasteiger partial charge in [0.15, 0.2) is 5.89 Å². The highest BCUT2D eigenvalue weighted by Crippen LogP contribution is 2.36. The number of nitrogens with zero attached hydrogens (tertiary/aromatic N) is 2. The zero-order chi connectivity index (χ0) is 18.8. The molecular formula is C22H29ClN2O2. The minimum absolute atomic E-state index is 0.452. The number of rotatable bonds is 4. The van der Waals surface area contributed by atoms with Crippen LogP contribution in [0.5, 0.6) is 0 Å². The summed E-state index contributed by atoms with van der Waals surface area (Å²) in [5, 5.41) is 0.797. The summed E-state index contributed by atoms with van der Waals surface area (Å²) in [5.41, 5.74) is 2.36. The van der Waals surface area contributed by atoms with Crippen LogP contribution in [0.1, 0.15) is 54.5 Å². The first-order valence-electron chi connectivity index (χ1n) is 10.1. The summed E-state index contributed by atoms with van der Waals surface area (Å²) in [6, 6.07) is 9.33. The predicted octanol–water partition coefficient (Wildman–Crippen LogP) is 4.91. The van der Waals surface area contributed by atoms with Crippen molar-refractivity contribution in [3.8, 4) is 0 Å². The maximum absolute atomic E-state index is 6.03. The average Bonchev–Trinajstić information content (AvgIpc) is 3.03. The molecule has 0 bridgehead atoms. The van der Waals surface area contributed by atoms with Crippen molar-refractivity contribution in [1.29, 1.82) is 0 Å². The maximum atomic E-state index is 6.03. The lowest BCUT2D eigenvalue weighted by Gasteiger charge is -2.43. The molecule has 0 amide bonds. The molecule has 0 N–H and O–H groups in total. The first-order valence-corrected chi connectivity index (χ1v) is 10.5. The van der Waals surface area contributed by atoms with Crippen LogP contribution >= 0.6 is 11.6 Å². The normalized spacial score (nSPS) is 27.0. The number of hydrogen-bond donors (Lipinski definition) is 0. The average molecular weight is 389 g/mol. The Morgan fingerprint density at radius 1 is 1.11 bits per heavy atom. The van der Waals surface area contributed by atoms with Gasteiger partial charge in [0.1, 0.15) is 5.76 Å². The second kappa shape index (κ2) is 8.34.